The Balaban J connectivity index is 1.89. The van der Waals surface area contributed by atoms with Crippen LogP contribution >= 0.6 is 0 Å². The highest BCUT2D eigenvalue weighted by molar-refractivity contribution is 6.03. The summed E-state index contributed by atoms with van der Waals surface area (Å²) in [6.45, 7) is 0. The molecule has 4 aromatic rings. The van der Waals surface area contributed by atoms with Crippen LogP contribution < -0.4 is 16.8 Å². The first-order chi connectivity index (χ1) is 14.5. The summed E-state index contributed by atoms with van der Waals surface area (Å²) < 4.78 is 2.17. The molecule has 2 aromatic heterocycles. The maximum Gasteiger partial charge on any atom is 0.332 e. The highest BCUT2D eigenvalue weighted by Gasteiger charge is 2.16. The van der Waals surface area contributed by atoms with Crippen molar-refractivity contribution in [2.24, 2.45) is 19.1 Å². The molecule has 0 saturated carbocycles. The summed E-state index contributed by atoms with van der Waals surface area (Å²) in [5.41, 5.74) is 0.933. The molecule has 30 heavy (non-hydrogen) atoms. The highest BCUT2D eigenvalue weighted by Crippen LogP contribution is 2.15. The zero-order valence-electron chi connectivity index (χ0n) is 16.5. The van der Waals surface area contributed by atoms with E-state index < -0.39 is 16.8 Å². The zero-order valence-corrected chi connectivity index (χ0v) is 16.5. The number of aryl methyl sites for hydroxylation is 1. The Morgan fingerprint density at radius 3 is 2.23 bits per heavy atom. The van der Waals surface area contributed by atoms with Crippen LogP contribution in [0, 0.1) is 0 Å². The largest absolute Gasteiger partial charge is 0.332 e. The predicted molar refractivity (Wildman–Crippen MR) is 116 cm³/mol. The number of nitrogens with one attached hydrogen (secondary N) is 1. The molecule has 0 amide bonds. The Kier molecular flexibility index (Phi) is 4.97. The summed E-state index contributed by atoms with van der Waals surface area (Å²) in [7, 11) is 2.86. The number of aromatic nitrogens is 4. The van der Waals surface area contributed by atoms with E-state index in [-0.39, 0.29) is 23.3 Å². The minimum absolute atomic E-state index is 0.0290. The van der Waals surface area contributed by atoms with Gasteiger partial charge in [-0.25, -0.2) is 9.78 Å². The average Bonchev–Trinajstić information content (AvgIpc) is 2.78. The summed E-state index contributed by atoms with van der Waals surface area (Å²) in [4.78, 5) is 49.0. The molecule has 0 aliphatic carbocycles. The molecule has 0 radical (unpaired) electrons. The van der Waals surface area contributed by atoms with Crippen molar-refractivity contribution in [1.29, 1.82) is 0 Å². The van der Waals surface area contributed by atoms with Crippen molar-refractivity contribution in [2.75, 3.05) is 0 Å². The monoisotopic (exact) mass is 401 g/mol. The van der Waals surface area contributed by atoms with Crippen molar-refractivity contribution >= 4 is 22.6 Å². The Morgan fingerprint density at radius 2 is 1.57 bits per heavy atom. The van der Waals surface area contributed by atoms with Crippen molar-refractivity contribution in [3.05, 3.63) is 103 Å². The van der Waals surface area contributed by atoms with Crippen LogP contribution in [0.25, 0.3) is 11.2 Å². The van der Waals surface area contributed by atoms with Gasteiger partial charge >= 0.3 is 5.69 Å². The van der Waals surface area contributed by atoms with Gasteiger partial charge in [0.15, 0.2) is 5.52 Å². The Labute approximate surface area is 170 Å². The van der Waals surface area contributed by atoms with Crippen LogP contribution in [0.5, 0.6) is 0 Å². The van der Waals surface area contributed by atoms with Gasteiger partial charge in [0.25, 0.3) is 11.1 Å². The fourth-order valence-electron chi connectivity index (χ4n) is 3.21. The highest BCUT2D eigenvalue weighted by atomic mass is 16.2. The lowest BCUT2D eigenvalue weighted by Gasteiger charge is -2.10. The first-order valence-corrected chi connectivity index (χ1v) is 9.32. The fourth-order valence-corrected chi connectivity index (χ4v) is 3.21. The molecule has 0 aliphatic rings. The van der Waals surface area contributed by atoms with E-state index in [9.17, 15) is 14.4 Å². The maximum atomic E-state index is 12.7. The lowest BCUT2D eigenvalue weighted by Crippen LogP contribution is -2.39. The third-order valence-electron chi connectivity index (χ3n) is 4.84. The number of hydrogen-bond donors (Lipinski definition) is 1. The van der Waals surface area contributed by atoms with Gasteiger partial charge in [0, 0.05) is 20.5 Å². The van der Waals surface area contributed by atoms with Gasteiger partial charge in [0.1, 0.15) is 11.3 Å². The number of aliphatic imine (C=N–C) groups is 1. The molecule has 150 valence electrons. The Bertz CT molecular complexity index is 1430. The summed E-state index contributed by atoms with van der Waals surface area (Å²) in [5, 5.41) is 0. The van der Waals surface area contributed by atoms with Crippen LogP contribution in [-0.2, 0) is 20.5 Å². The van der Waals surface area contributed by atoms with Crippen molar-refractivity contribution in [1.82, 2.24) is 19.1 Å². The molecule has 0 fully saturated rings. The van der Waals surface area contributed by atoms with Gasteiger partial charge < -0.3 is 4.98 Å². The van der Waals surface area contributed by atoms with Gasteiger partial charge in [-0.3, -0.25) is 23.7 Å². The van der Waals surface area contributed by atoms with Crippen molar-refractivity contribution in [2.45, 2.75) is 6.42 Å². The minimum atomic E-state index is -0.563. The molecule has 0 atom stereocenters. The number of para-hydroxylation sites is 1. The van der Waals surface area contributed by atoms with Crippen molar-refractivity contribution in [3.63, 3.8) is 0 Å². The second-order valence-corrected chi connectivity index (χ2v) is 6.85. The zero-order chi connectivity index (χ0) is 21.3. The number of H-pyrrole nitrogens is 1. The minimum Gasteiger partial charge on any atom is -0.305 e. The second-order valence-electron chi connectivity index (χ2n) is 6.85. The number of fused-ring (bicyclic) bond motifs is 1. The van der Waals surface area contributed by atoms with Crippen LogP contribution in [0.3, 0.4) is 0 Å². The second kappa shape index (κ2) is 7.75. The lowest BCUT2D eigenvalue weighted by atomic mass is 10.1. The molecular weight excluding hydrogens is 382 g/mol. The van der Waals surface area contributed by atoms with Crippen LogP contribution in [0.1, 0.15) is 11.3 Å². The fraction of sp³-hybridized carbons (Fsp3) is 0.136. The number of rotatable bonds is 4. The van der Waals surface area contributed by atoms with Gasteiger partial charge in [0.2, 0.25) is 0 Å². The van der Waals surface area contributed by atoms with Crippen molar-refractivity contribution < 1.29 is 0 Å². The van der Waals surface area contributed by atoms with E-state index in [0.717, 1.165) is 15.8 Å². The van der Waals surface area contributed by atoms with Gasteiger partial charge in [-0.15, -0.1) is 0 Å². The first kappa shape index (κ1) is 19.3. The third kappa shape index (κ3) is 3.50. The normalized spacial score (nSPS) is 11.7. The molecule has 8 nitrogen and oxygen atoms in total. The Morgan fingerprint density at radius 1 is 0.933 bits per heavy atom. The number of aromatic amines is 1. The SMILES string of the molecule is Cn1c(=O)c2nc(CC(=Nc3ccccc3)c3ccccc3)c(=O)[nH]c2n(C)c1=O. The molecule has 0 saturated heterocycles. The standard InChI is InChI=1S/C22H19N5O3/c1-26-19-18(21(29)27(2)22(26)30)24-17(20(28)25-19)13-16(14-9-5-3-6-10-14)23-15-11-7-4-8-12-15/h3-12H,13H2,1-2H3,(H,25,28). The maximum absolute atomic E-state index is 12.7. The third-order valence-corrected chi connectivity index (χ3v) is 4.84. The first-order valence-electron chi connectivity index (χ1n) is 9.32. The molecule has 2 aromatic carbocycles. The van der Waals surface area contributed by atoms with Crippen LogP contribution in [0.2, 0.25) is 0 Å². The molecule has 2 heterocycles. The van der Waals surface area contributed by atoms with Crippen molar-refractivity contribution in [3.8, 4) is 0 Å². The summed E-state index contributed by atoms with van der Waals surface area (Å²) >= 11 is 0. The lowest BCUT2D eigenvalue weighted by molar-refractivity contribution is 0.702. The molecule has 0 spiro atoms. The Hall–Kier alpha value is -4.07. The van der Waals surface area contributed by atoms with Crippen LogP contribution in [0.4, 0.5) is 5.69 Å². The quantitative estimate of drug-likeness (QED) is 0.526. The van der Waals surface area contributed by atoms with E-state index in [2.05, 4.69) is 9.97 Å². The molecule has 8 heteroatoms. The smallest absolute Gasteiger partial charge is 0.305 e. The van der Waals surface area contributed by atoms with E-state index in [1.807, 2.05) is 60.7 Å². The molecule has 4 rings (SSSR count). The summed E-state index contributed by atoms with van der Waals surface area (Å²) in [6.07, 6.45) is 0.121. The van der Waals surface area contributed by atoms with E-state index in [0.29, 0.717) is 5.71 Å². The topological polar surface area (TPSA) is 102 Å². The molecule has 0 aliphatic heterocycles. The predicted octanol–water partition coefficient (Wildman–Crippen LogP) is 1.68. The molecule has 0 unspecified atom stereocenters. The summed E-state index contributed by atoms with van der Waals surface area (Å²) in [6, 6.07) is 18.9. The van der Waals surface area contributed by atoms with Gasteiger partial charge in [-0.2, -0.15) is 0 Å². The number of benzene rings is 2. The number of hydrogen-bond acceptors (Lipinski definition) is 5. The molecular formula is C22H19N5O3. The van der Waals surface area contributed by atoms with E-state index >= 15 is 0 Å². The van der Waals surface area contributed by atoms with Crippen LogP contribution in [-0.4, -0.2) is 24.8 Å². The van der Waals surface area contributed by atoms with Gasteiger partial charge in [-0.1, -0.05) is 48.5 Å². The van der Waals surface area contributed by atoms with E-state index in [4.69, 9.17) is 4.99 Å². The number of nitrogens with zero attached hydrogens (tertiary/aromatic N) is 4. The summed E-state index contributed by atoms with van der Waals surface area (Å²) in [5.74, 6) is 0. The van der Waals surface area contributed by atoms with Gasteiger partial charge in [-0.05, 0) is 17.7 Å². The van der Waals surface area contributed by atoms with E-state index in [1.165, 1.54) is 18.7 Å². The molecule has 1 N–H and O–H groups in total. The van der Waals surface area contributed by atoms with Gasteiger partial charge in [0.05, 0.1) is 11.4 Å². The average molecular weight is 401 g/mol. The van der Waals surface area contributed by atoms with Crippen LogP contribution in [0.15, 0.2) is 80.0 Å². The van der Waals surface area contributed by atoms with E-state index in [1.54, 1.807) is 0 Å². The molecule has 0 bridgehead atoms.